The lowest BCUT2D eigenvalue weighted by molar-refractivity contribution is -0.124. The number of ether oxygens (including phenoxy) is 2. The standard InChI is InChI=1S/C20H21FN4O5/c21-15-3-1-14(2-4-15)5-6-22-16(26)13-30-20(28)18-17(23-7-8-24-18)19(27)25-9-11-29-12-10-25/h1-4,7-8H,5-6,9-13H2,(H,22,26). The summed E-state index contributed by atoms with van der Waals surface area (Å²) in [5.74, 6) is -2.18. The maximum Gasteiger partial charge on any atom is 0.359 e. The van der Waals surface area contributed by atoms with Gasteiger partial charge in [-0.25, -0.2) is 19.2 Å². The van der Waals surface area contributed by atoms with Gasteiger partial charge in [0.25, 0.3) is 11.8 Å². The van der Waals surface area contributed by atoms with Gasteiger partial charge in [-0.15, -0.1) is 0 Å². The van der Waals surface area contributed by atoms with Gasteiger partial charge in [-0.3, -0.25) is 9.59 Å². The number of esters is 1. The molecule has 1 aliphatic heterocycles. The van der Waals surface area contributed by atoms with Crippen molar-refractivity contribution in [3.8, 4) is 0 Å². The summed E-state index contributed by atoms with van der Waals surface area (Å²) in [7, 11) is 0. The predicted octanol–water partition coefficient (Wildman–Crippen LogP) is 0.604. The van der Waals surface area contributed by atoms with Crippen molar-refractivity contribution in [3.05, 3.63) is 59.4 Å². The fourth-order valence-corrected chi connectivity index (χ4v) is 2.81. The van der Waals surface area contributed by atoms with Crippen LogP contribution in [0.2, 0.25) is 0 Å². The van der Waals surface area contributed by atoms with Crippen LogP contribution in [0.25, 0.3) is 0 Å². The van der Waals surface area contributed by atoms with Crippen molar-refractivity contribution < 1.29 is 28.2 Å². The highest BCUT2D eigenvalue weighted by Crippen LogP contribution is 2.10. The topological polar surface area (TPSA) is 111 Å². The van der Waals surface area contributed by atoms with E-state index in [0.29, 0.717) is 39.3 Å². The van der Waals surface area contributed by atoms with Gasteiger partial charge in [-0.05, 0) is 24.1 Å². The summed E-state index contributed by atoms with van der Waals surface area (Å²) in [6, 6.07) is 5.94. The second kappa shape index (κ2) is 10.4. The number of rotatable bonds is 7. The SMILES string of the molecule is O=C(COC(=O)c1nccnc1C(=O)N1CCOCC1)NCCc1ccc(F)cc1. The monoisotopic (exact) mass is 416 g/mol. The summed E-state index contributed by atoms with van der Waals surface area (Å²) in [4.78, 5) is 46.3. The number of carbonyl (C=O) groups excluding carboxylic acids is 3. The quantitative estimate of drug-likeness (QED) is 0.658. The van der Waals surface area contributed by atoms with Crippen LogP contribution >= 0.6 is 0 Å². The minimum Gasteiger partial charge on any atom is -0.451 e. The summed E-state index contributed by atoms with van der Waals surface area (Å²) in [6.07, 6.45) is 3.09. The van der Waals surface area contributed by atoms with E-state index >= 15 is 0 Å². The second-order valence-electron chi connectivity index (χ2n) is 6.46. The fourth-order valence-electron chi connectivity index (χ4n) is 2.81. The van der Waals surface area contributed by atoms with Crippen molar-refractivity contribution in [3.63, 3.8) is 0 Å². The molecule has 1 N–H and O–H groups in total. The highest BCUT2D eigenvalue weighted by atomic mass is 19.1. The van der Waals surface area contributed by atoms with Crippen LogP contribution in [0.4, 0.5) is 4.39 Å². The number of benzene rings is 1. The molecule has 0 unspecified atom stereocenters. The van der Waals surface area contributed by atoms with E-state index < -0.39 is 24.4 Å². The Morgan fingerprint density at radius 3 is 2.43 bits per heavy atom. The first-order valence-electron chi connectivity index (χ1n) is 9.41. The Bertz CT molecular complexity index is 900. The van der Waals surface area contributed by atoms with Crippen molar-refractivity contribution in [1.82, 2.24) is 20.2 Å². The Kier molecular flexibility index (Phi) is 7.39. The smallest absolute Gasteiger partial charge is 0.359 e. The van der Waals surface area contributed by atoms with E-state index in [1.54, 1.807) is 12.1 Å². The molecule has 3 rings (SSSR count). The maximum absolute atomic E-state index is 12.9. The van der Waals surface area contributed by atoms with E-state index in [9.17, 15) is 18.8 Å². The molecule has 0 radical (unpaired) electrons. The molecular weight excluding hydrogens is 395 g/mol. The third kappa shape index (κ3) is 5.80. The molecule has 2 amide bonds. The number of hydrogen-bond donors (Lipinski definition) is 1. The molecule has 0 aliphatic carbocycles. The van der Waals surface area contributed by atoms with E-state index in [4.69, 9.17) is 9.47 Å². The molecule has 2 heterocycles. The van der Waals surface area contributed by atoms with Gasteiger partial charge in [0.15, 0.2) is 18.0 Å². The zero-order chi connectivity index (χ0) is 21.3. The van der Waals surface area contributed by atoms with Crippen LogP contribution in [0.15, 0.2) is 36.7 Å². The number of halogens is 1. The highest BCUT2D eigenvalue weighted by molar-refractivity contribution is 6.03. The Morgan fingerprint density at radius 2 is 1.73 bits per heavy atom. The predicted molar refractivity (Wildman–Crippen MR) is 102 cm³/mol. The van der Waals surface area contributed by atoms with Crippen LogP contribution in [0, 0.1) is 5.82 Å². The van der Waals surface area contributed by atoms with E-state index in [-0.39, 0.29) is 17.2 Å². The number of aromatic nitrogens is 2. The van der Waals surface area contributed by atoms with Gasteiger partial charge in [0.1, 0.15) is 5.82 Å². The van der Waals surface area contributed by atoms with E-state index in [2.05, 4.69) is 15.3 Å². The lowest BCUT2D eigenvalue weighted by atomic mass is 10.1. The molecule has 0 saturated carbocycles. The number of amides is 2. The zero-order valence-electron chi connectivity index (χ0n) is 16.2. The van der Waals surface area contributed by atoms with E-state index in [0.717, 1.165) is 5.56 Å². The summed E-state index contributed by atoms with van der Waals surface area (Å²) in [5.41, 5.74) is 0.494. The molecule has 2 aromatic rings. The minimum atomic E-state index is -0.909. The molecule has 1 aromatic carbocycles. The first kappa shape index (κ1) is 21.3. The van der Waals surface area contributed by atoms with Crippen LogP contribution < -0.4 is 5.32 Å². The van der Waals surface area contributed by atoms with Gasteiger partial charge >= 0.3 is 5.97 Å². The summed E-state index contributed by atoms with van der Waals surface area (Å²) in [5, 5.41) is 2.61. The van der Waals surface area contributed by atoms with Gasteiger partial charge in [0.05, 0.1) is 13.2 Å². The van der Waals surface area contributed by atoms with Crippen molar-refractivity contribution in [2.24, 2.45) is 0 Å². The summed E-state index contributed by atoms with van der Waals surface area (Å²) < 4.78 is 23.1. The number of morpholine rings is 1. The molecule has 1 aliphatic rings. The third-order valence-electron chi connectivity index (χ3n) is 4.38. The first-order chi connectivity index (χ1) is 14.5. The largest absolute Gasteiger partial charge is 0.451 e. The molecule has 9 nitrogen and oxygen atoms in total. The van der Waals surface area contributed by atoms with Crippen LogP contribution in [-0.2, 0) is 20.7 Å². The highest BCUT2D eigenvalue weighted by Gasteiger charge is 2.27. The number of nitrogens with zero attached hydrogens (tertiary/aromatic N) is 3. The summed E-state index contributed by atoms with van der Waals surface area (Å²) >= 11 is 0. The van der Waals surface area contributed by atoms with Crippen LogP contribution in [0.5, 0.6) is 0 Å². The van der Waals surface area contributed by atoms with E-state index in [1.807, 2.05) is 0 Å². The average molecular weight is 416 g/mol. The fraction of sp³-hybridized carbons (Fsp3) is 0.350. The van der Waals surface area contributed by atoms with E-state index in [1.165, 1.54) is 29.4 Å². The lowest BCUT2D eigenvalue weighted by Gasteiger charge is -2.26. The molecule has 0 spiro atoms. The van der Waals surface area contributed by atoms with Crippen molar-refractivity contribution in [2.45, 2.75) is 6.42 Å². The molecule has 0 atom stereocenters. The first-order valence-corrected chi connectivity index (χ1v) is 9.41. The molecule has 158 valence electrons. The number of nitrogens with one attached hydrogen (secondary N) is 1. The van der Waals surface area contributed by atoms with Crippen molar-refractivity contribution >= 4 is 17.8 Å². The second-order valence-corrected chi connectivity index (χ2v) is 6.46. The summed E-state index contributed by atoms with van der Waals surface area (Å²) in [6.45, 7) is 1.37. The normalized spacial score (nSPS) is 13.6. The van der Waals surface area contributed by atoms with Gasteiger partial charge < -0.3 is 19.7 Å². The van der Waals surface area contributed by atoms with Gasteiger partial charge in [-0.2, -0.15) is 0 Å². The maximum atomic E-state index is 12.9. The number of carbonyl (C=O) groups is 3. The Labute approximate surface area is 172 Å². The average Bonchev–Trinajstić information content (AvgIpc) is 2.79. The Morgan fingerprint density at radius 1 is 1.07 bits per heavy atom. The zero-order valence-corrected chi connectivity index (χ0v) is 16.2. The van der Waals surface area contributed by atoms with Crippen molar-refractivity contribution in [1.29, 1.82) is 0 Å². The van der Waals surface area contributed by atoms with Gasteiger partial charge in [-0.1, -0.05) is 12.1 Å². The number of hydrogen-bond acceptors (Lipinski definition) is 7. The molecule has 1 saturated heterocycles. The van der Waals surface area contributed by atoms with Crippen LogP contribution in [0.3, 0.4) is 0 Å². The Balaban J connectivity index is 1.50. The Hall–Kier alpha value is -3.40. The minimum absolute atomic E-state index is 0.124. The molecule has 1 fully saturated rings. The molecule has 10 heteroatoms. The van der Waals surface area contributed by atoms with Crippen LogP contribution in [0.1, 0.15) is 26.5 Å². The molecule has 0 bridgehead atoms. The van der Waals surface area contributed by atoms with Crippen LogP contribution in [-0.4, -0.2) is 72.1 Å². The van der Waals surface area contributed by atoms with Crippen molar-refractivity contribution in [2.75, 3.05) is 39.5 Å². The van der Waals surface area contributed by atoms with Gasteiger partial charge in [0.2, 0.25) is 0 Å². The van der Waals surface area contributed by atoms with Gasteiger partial charge in [0, 0.05) is 32.0 Å². The lowest BCUT2D eigenvalue weighted by Crippen LogP contribution is -2.41. The third-order valence-corrected chi connectivity index (χ3v) is 4.38. The molecule has 1 aromatic heterocycles. The molecule has 30 heavy (non-hydrogen) atoms. The molecular formula is C20H21FN4O5.